The van der Waals surface area contributed by atoms with Crippen molar-refractivity contribution in [2.75, 3.05) is 0 Å². The molecule has 0 saturated heterocycles. The number of allylic oxidation sites excluding steroid dienone is 2. The highest BCUT2D eigenvalue weighted by molar-refractivity contribution is 5.28. The zero-order valence-electron chi connectivity index (χ0n) is 10.6. The summed E-state index contributed by atoms with van der Waals surface area (Å²) < 4.78 is 0. The molecule has 0 aromatic heterocycles. The highest BCUT2D eigenvalue weighted by Gasteiger charge is 2.65. The predicted molar refractivity (Wildman–Crippen MR) is 64.6 cm³/mol. The largest absolute Gasteiger partial charge is 0.0847 e. The lowest BCUT2D eigenvalue weighted by molar-refractivity contribution is -0.0341. The monoisotopic (exact) mass is 204 g/mol. The molecule has 0 amide bonds. The molecular formula is C15H24. The molecule has 1 spiro atoms. The molecule has 84 valence electrons. The number of hydrogen-bond acceptors (Lipinski definition) is 0. The van der Waals surface area contributed by atoms with Gasteiger partial charge in [-0.25, -0.2) is 0 Å². The lowest BCUT2D eigenvalue weighted by atomic mass is 9.52. The van der Waals surface area contributed by atoms with E-state index in [2.05, 4.69) is 33.8 Å². The first-order chi connectivity index (χ1) is 7.00. The molecule has 0 heterocycles. The number of rotatable bonds is 0. The zero-order chi connectivity index (χ0) is 10.8. The van der Waals surface area contributed by atoms with Crippen LogP contribution in [0.1, 0.15) is 53.4 Å². The van der Waals surface area contributed by atoms with Crippen LogP contribution in [0.5, 0.6) is 0 Å². The van der Waals surface area contributed by atoms with Crippen LogP contribution in [-0.4, -0.2) is 0 Å². The average molecular weight is 204 g/mol. The normalized spacial score (nSPS) is 51.5. The predicted octanol–water partition coefficient (Wildman–Crippen LogP) is 4.42. The van der Waals surface area contributed by atoms with E-state index in [0.29, 0.717) is 10.8 Å². The maximum Gasteiger partial charge on any atom is -0.0118 e. The summed E-state index contributed by atoms with van der Waals surface area (Å²) in [5.41, 5.74) is 2.93. The van der Waals surface area contributed by atoms with Crippen molar-refractivity contribution < 1.29 is 0 Å². The SMILES string of the molecule is CC1=CC[C@]23[C@H](C)CC[C@H](C[C@@H]12)C3(C)C. The van der Waals surface area contributed by atoms with Gasteiger partial charge in [-0.05, 0) is 61.2 Å². The first kappa shape index (κ1) is 9.93. The maximum absolute atomic E-state index is 2.56. The first-order valence-electron chi connectivity index (χ1n) is 6.67. The lowest BCUT2D eigenvalue weighted by Crippen LogP contribution is -2.46. The molecule has 4 atom stereocenters. The Morgan fingerprint density at radius 3 is 2.73 bits per heavy atom. The van der Waals surface area contributed by atoms with Crippen LogP contribution in [0.25, 0.3) is 0 Å². The lowest BCUT2D eigenvalue weighted by Gasteiger charge is -2.52. The standard InChI is InChI=1S/C15H24/c1-10-7-8-15-11(2)5-6-12(9-13(10)15)14(15,3)4/h7,11-13H,5-6,8-9H2,1-4H3/t11-,12-,13+,15+/m1/s1. The van der Waals surface area contributed by atoms with Crippen LogP contribution in [0.2, 0.25) is 0 Å². The van der Waals surface area contributed by atoms with E-state index in [0.717, 1.165) is 17.8 Å². The highest BCUT2D eigenvalue weighted by atomic mass is 14.7. The Morgan fingerprint density at radius 1 is 1.27 bits per heavy atom. The Bertz CT molecular complexity index is 323. The third-order valence-electron chi connectivity index (χ3n) is 6.50. The van der Waals surface area contributed by atoms with Gasteiger partial charge in [-0.2, -0.15) is 0 Å². The number of hydrogen-bond donors (Lipinski definition) is 0. The summed E-state index contributed by atoms with van der Waals surface area (Å²) in [7, 11) is 0. The Hall–Kier alpha value is -0.260. The van der Waals surface area contributed by atoms with E-state index in [9.17, 15) is 0 Å². The summed E-state index contributed by atoms with van der Waals surface area (Å²) in [5.74, 6) is 2.86. The third kappa shape index (κ3) is 0.905. The van der Waals surface area contributed by atoms with E-state index in [1.807, 2.05) is 0 Å². The minimum absolute atomic E-state index is 0.587. The molecule has 2 saturated carbocycles. The molecule has 0 nitrogen and oxygen atoms in total. The summed E-state index contributed by atoms with van der Waals surface area (Å²) >= 11 is 0. The van der Waals surface area contributed by atoms with Gasteiger partial charge in [0.1, 0.15) is 0 Å². The molecule has 0 radical (unpaired) electrons. The van der Waals surface area contributed by atoms with Crippen molar-refractivity contribution in [2.24, 2.45) is 28.6 Å². The number of fused-ring (bicyclic) bond motifs is 1. The van der Waals surface area contributed by atoms with Crippen molar-refractivity contribution in [2.45, 2.75) is 53.4 Å². The second-order valence-corrected chi connectivity index (χ2v) is 6.88. The van der Waals surface area contributed by atoms with Crippen molar-refractivity contribution in [1.29, 1.82) is 0 Å². The Kier molecular flexibility index (Phi) is 1.79. The molecule has 0 aromatic carbocycles. The molecule has 3 rings (SSSR count). The van der Waals surface area contributed by atoms with Crippen LogP contribution in [0, 0.1) is 28.6 Å². The van der Waals surface area contributed by atoms with E-state index in [-0.39, 0.29) is 0 Å². The van der Waals surface area contributed by atoms with Gasteiger partial charge in [0.05, 0.1) is 0 Å². The summed E-state index contributed by atoms with van der Waals surface area (Å²) in [5, 5.41) is 0. The first-order valence-corrected chi connectivity index (χ1v) is 6.67. The van der Waals surface area contributed by atoms with E-state index >= 15 is 0 Å². The van der Waals surface area contributed by atoms with Gasteiger partial charge in [-0.3, -0.25) is 0 Å². The van der Waals surface area contributed by atoms with Gasteiger partial charge in [0.25, 0.3) is 0 Å². The molecule has 3 aliphatic carbocycles. The van der Waals surface area contributed by atoms with Gasteiger partial charge in [-0.1, -0.05) is 32.4 Å². The second kappa shape index (κ2) is 2.70. The topological polar surface area (TPSA) is 0 Å². The molecule has 0 aliphatic heterocycles. The van der Waals surface area contributed by atoms with E-state index in [4.69, 9.17) is 0 Å². The molecule has 0 N–H and O–H groups in total. The molecule has 2 bridgehead atoms. The van der Waals surface area contributed by atoms with Crippen LogP contribution in [-0.2, 0) is 0 Å². The molecule has 0 heteroatoms. The summed E-state index contributed by atoms with van der Waals surface area (Å²) in [6.07, 6.45) is 8.36. The van der Waals surface area contributed by atoms with E-state index in [1.165, 1.54) is 25.7 Å². The highest BCUT2D eigenvalue weighted by Crippen LogP contribution is 2.72. The van der Waals surface area contributed by atoms with Crippen LogP contribution in [0.4, 0.5) is 0 Å². The van der Waals surface area contributed by atoms with Gasteiger partial charge in [0.15, 0.2) is 0 Å². The van der Waals surface area contributed by atoms with Crippen molar-refractivity contribution >= 4 is 0 Å². The molecule has 0 unspecified atom stereocenters. The van der Waals surface area contributed by atoms with Gasteiger partial charge in [0.2, 0.25) is 0 Å². The fourth-order valence-corrected chi connectivity index (χ4v) is 5.46. The molecule has 0 aromatic rings. The summed E-state index contributed by atoms with van der Waals surface area (Å²) in [4.78, 5) is 0. The van der Waals surface area contributed by atoms with Crippen molar-refractivity contribution in [1.82, 2.24) is 0 Å². The smallest absolute Gasteiger partial charge is 0.0118 e. The van der Waals surface area contributed by atoms with Gasteiger partial charge in [-0.15, -0.1) is 0 Å². The molecular weight excluding hydrogens is 180 g/mol. The third-order valence-corrected chi connectivity index (χ3v) is 6.50. The fraction of sp³-hybridized carbons (Fsp3) is 0.867. The van der Waals surface area contributed by atoms with E-state index in [1.54, 1.807) is 5.57 Å². The van der Waals surface area contributed by atoms with Crippen molar-refractivity contribution in [3.63, 3.8) is 0 Å². The molecule has 2 fully saturated rings. The van der Waals surface area contributed by atoms with Crippen LogP contribution >= 0.6 is 0 Å². The minimum Gasteiger partial charge on any atom is -0.0847 e. The average Bonchev–Trinajstić information content (AvgIpc) is 2.53. The fourth-order valence-electron chi connectivity index (χ4n) is 5.46. The van der Waals surface area contributed by atoms with Gasteiger partial charge >= 0.3 is 0 Å². The second-order valence-electron chi connectivity index (χ2n) is 6.88. The zero-order valence-corrected chi connectivity index (χ0v) is 10.6. The van der Waals surface area contributed by atoms with Crippen LogP contribution < -0.4 is 0 Å². The van der Waals surface area contributed by atoms with Crippen LogP contribution in [0.3, 0.4) is 0 Å². The van der Waals surface area contributed by atoms with Gasteiger partial charge in [0, 0.05) is 0 Å². The van der Waals surface area contributed by atoms with Crippen molar-refractivity contribution in [3.8, 4) is 0 Å². The molecule has 3 aliphatic rings. The summed E-state index contributed by atoms with van der Waals surface area (Å²) in [6.45, 7) is 10.0. The van der Waals surface area contributed by atoms with Crippen LogP contribution in [0.15, 0.2) is 11.6 Å². The Morgan fingerprint density at radius 2 is 2.00 bits per heavy atom. The van der Waals surface area contributed by atoms with Crippen molar-refractivity contribution in [3.05, 3.63) is 11.6 Å². The maximum atomic E-state index is 2.56. The summed E-state index contributed by atoms with van der Waals surface area (Å²) in [6, 6.07) is 0. The Labute approximate surface area is 94.1 Å². The quantitative estimate of drug-likeness (QED) is 0.513. The Balaban J connectivity index is 2.12. The van der Waals surface area contributed by atoms with E-state index < -0.39 is 0 Å². The molecule has 15 heavy (non-hydrogen) atoms. The van der Waals surface area contributed by atoms with Gasteiger partial charge < -0.3 is 0 Å². The minimum atomic E-state index is 0.587.